The fourth-order valence-corrected chi connectivity index (χ4v) is 11.9. The minimum absolute atomic E-state index is 0.0184. The number of anilines is 1. The van der Waals surface area contributed by atoms with Crippen molar-refractivity contribution in [1.29, 1.82) is 0 Å². The van der Waals surface area contributed by atoms with Crippen molar-refractivity contribution < 1.29 is 29.1 Å². The molecule has 1 aliphatic carbocycles. The van der Waals surface area contributed by atoms with Crippen LogP contribution in [0.4, 0.5) is 5.69 Å². The highest BCUT2D eigenvalue weighted by molar-refractivity contribution is 7.13. The highest BCUT2D eigenvalue weighted by atomic mass is 32.1. The molecule has 5 aromatic rings. The average molecular weight is 985 g/mol. The summed E-state index contributed by atoms with van der Waals surface area (Å²) < 4.78 is 2.20. The summed E-state index contributed by atoms with van der Waals surface area (Å²) in [5.74, 6) is -0.548. The summed E-state index contributed by atoms with van der Waals surface area (Å²) in [6, 6.07) is 13.1. The Morgan fingerprint density at radius 1 is 0.930 bits per heavy atom. The number of carbonyl (C=O) groups excluding carboxylic acids is 5. The average Bonchev–Trinajstić information content (AvgIpc) is 4.10. The number of carbonyl (C=O) groups is 5. The third kappa shape index (κ3) is 11.2. The first-order chi connectivity index (χ1) is 34.2. The molecule has 3 aliphatic heterocycles. The third-order valence-corrected chi connectivity index (χ3v) is 16.2. The smallest absolute Gasteiger partial charge is 0.268 e. The van der Waals surface area contributed by atoms with E-state index in [1.165, 1.54) is 11.3 Å². The van der Waals surface area contributed by atoms with E-state index in [1.54, 1.807) is 11.3 Å². The monoisotopic (exact) mass is 985 g/mol. The first-order valence-corrected chi connectivity index (χ1v) is 26.4. The number of likely N-dealkylation sites (tertiary alicyclic amines) is 1. The van der Waals surface area contributed by atoms with Crippen LogP contribution in [0.25, 0.3) is 21.5 Å². The molecule has 4 aromatic heterocycles. The predicted octanol–water partition coefficient (Wildman–Crippen LogP) is 6.75. The van der Waals surface area contributed by atoms with Crippen LogP contribution in [0.3, 0.4) is 0 Å². The first kappa shape index (κ1) is 49.9. The van der Waals surface area contributed by atoms with Gasteiger partial charge in [0.05, 0.1) is 46.0 Å². The van der Waals surface area contributed by atoms with Crippen molar-refractivity contribution >= 4 is 57.5 Å². The zero-order valence-electron chi connectivity index (χ0n) is 41.6. The number of unbranched alkanes of at least 4 members (excludes halogenated alkanes) is 2. The number of amides is 4. The fourth-order valence-electron chi connectivity index (χ4n) is 11.1. The lowest BCUT2D eigenvalue weighted by atomic mass is 9.76. The van der Waals surface area contributed by atoms with Gasteiger partial charge in [0, 0.05) is 94.7 Å². The van der Waals surface area contributed by atoms with Crippen LogP contribution in [0.1, 0.15) is 131 Å². The minimum atomic E-state index is -0.830. The van der Waals surface area contributed by atoms with Crippen LogP contribution < -0.4 is 15.5 Å². The van der Waals surface area contributed by atoms with Crippen LogP contribution in [0, 0.1) is 18.3 Å². The number of hydrogen-bond acceptors (Lipinski definition) is 12. The minimum Gasteiger partial charge on any atom is -0.391 e. The molecular weight excluding hydrogens is 917 g/mol. The zero-order chi connectivity index (χ0) is 49.9. The van der Waals surface area contributed by atoms with Crippen LogP contribution in [-0.2, 0) is 37.7 Å². The predicted molar refractivity (Wildman–Crippen MR) is 273 cm³/mol. The van der Waals surface area contributed by atoms with E-state index in [0.717, 1.165) is 76.2 Å². The number of aliphatic hydroxyl groups is 1. The Kier molecular flexibility index (Phi) is 15.0. The highest BCUT2D eigenvalue weighted by Gasteiger charge is 2.45. The number of Topliss-reactive ketones (excluding diaryl/α,β-unsaturated/α-hetero) is 1. The zero-order valence-corrected chi connectivity index (χ0v) is 42.4. The quantitative estimate of drug-likeness (QED) is 0.0886. The summed E-state index contributed by atoms with van der Waals surface area (Å²) in [5.41, 5.74) is 7.45. The molecule has 1 saturated carbocycles. The molecule has 16 nitrogen and oxygen atoms in total. The van der Waals surface area contributed by atoms with Crippen LogP contribution in [0.2, 0.25) is 0 Å². The number of hydrogen-bond donors (Lipinski definition) is 3. The summed E-state index contributed by atoms with van der Waals surface area (Å²) in [6.45, 7) is 11.4. The second kappa shape index (κ2) is 21.3. The van der Waals surface area contributed by atoms with Crippen LogP contribution in [0.15, 0.2) is 60.4 Å². The van der Waals surface area contributed by atoms with Crippen molar-refractivity contribution in [2.45, 2.75) is 135 Å². The van der Waals surface area contributed by atoms with E-state index in [4.69, 9.17) is 9.97 Å². The molecule has 3 N–H and O–H groups in total. The van der Waals surface area contributed by atoms with Gasteiger partial charge in [-0.25, -0.2) is 15.0 Å². The van der Waals surface area contributed by atoms with Gasteiger partial charge in [0.25, 0.3) is 5.91 Å². The maximum atomic E-state index is 14.1. The van der Waals surface area contributed by atoms with Crippen LogP contribution >= 0.6 is 11.3 Å². The van der Waals surface area contributed by atoms with Crippen molar-refractivity contribution in [1.82, 2.24) is 44.9 Å². The molecule has 0 bridgehead atoms. The van der Waals surface area contributed by atoms with Gasteiger partial charge in [-0.1, -0.05) is 70.7 Å². The van der Waals surface area contributed by atoms with Crippen molar-refractivity contribution in [3.63, 3.8) is 0 Å². The largest absolute Gasteiger partial charge is 0.391 e. The van der Waals surface area contributed by atoms with Gasteiger partial charge in [-0.3, -0.25) is 29.0 Å². The molecule has 376 valence electrons. The maximum Gasteiger partial charge on any atom is 0.268 e. The first-order valence-electron chi connectivity index (χ1n) is 25.6. The Morgan fingerprint density at radius 3 is 2.39 bits per heavy atom. The van der Waals surface area contributed by atoms with Gasteiger partial charge in [-0.15, -0.1) is 11.3 Å². The van der Waals surface area contributed by atoms with Gasteiger partial charge in [-0.2, -0.15) is 0 Å². The van der Waals surface area contributed by atoms with E-state index in [-0.39, 0.29) is 60.9 Å². The van der Waals surface area contributed by atoms with E-state index in [0.29, 0.717) is 76.3 Å². The Morgan fingerprint density at radius 2 is 1.69 bits per heavy atom. The normalized spacial score (nSPS) is 19.5. The van der Waals surface area contributed by atoms with Crippen molar-refractivity contribution in [2.75, 3.05) is 44.2 Å². The number of ketones is 1. The molecule has 4 aliphatic rings. The molecule has 9 rings (SSSR count). The number of nitrogens with zero attached hydrogens (tertiary/aromatic N) is 8. The third-order valence-electron chi connectivity index (χ3n) is 15.2. The Balaban J connectivity index is 0.694. The number of fused-ring (bicyclic) bond motifs is 4. The van der Waals surface area contributed by atoms with E-state index in [9.17, 15) is 29.1 Å². The molecule has 17 heteroatoms. The summed E-state index contributed by atoms with van der Waals surface area (Å²) >= 11 is 1.58. The SMILES string of the molecule is Cc1ncsc1-c1ccc(CNC(=O)[C@@H]2C[C@@H](O)CN2C(=O)[C@@H](CC(=O)CCCCCC(=O)N2CCN(c3ccc(Cc4ncc5cc6n(c5n4)C4(CCCCC4)CNC6=O)nc3)CC2)C(C)(C)C)cc1. The molecule has 2 saturated heterocycles. The lowest BCUT2D eigenvalue weighted by molar-refractivity contribution is -0.146. The molecule has 71 heavy (non-hydrogen) atoms. The van der Waals surface area contributed by atoms with Gasteiger partial charge in [0.2, 0.25) is 17.7 Å². The molecule has 3 fully saturated rings. The number of β-amino-alcohol motifs (C(OH)–C–C–N with tert-alkyl or cyclic N) is 1. The number of thiazole rings is 1. The van der Waals surface area contributed by atoms with Gasteiger partial charge < -0.3 is 35.0 Å². The number of aromatic nitrogens is 5. The topological polar surface area (TPSA) is 196 Å². The van der Waals surface area contributed by atoms with Crippen molar-refractivity contribution in [3.05, 3.63) is 88.8 Å². The number of piperazine rings is 1. The van der Waals surface area contributed by atoms with Crippen LogP contribution in [-0.4, -0.2) is 120 Å². The summed E-state index contributed by atoms with van der Waals surface area (Å²) in [5, 5.41) is 17.6. The lowest BCUT2D eigenvalue weighted by Crippen LogP contribution is -2.52. The number of aliphatic hydroxyl groups excluding tert-OH is 1. The fraction of sp³-hybridized carbons (Fsp3) is 0.537. The number of nitrogens with one attached hydrogen (secondary N) is 2. The Bertz CT molecular complexity index is 2730. The summed E-state index contributed by atoms with van der Waals surface area (Å²) in [4.78, 5) is 92.7. The van der Waals surface area contributed by atoms with Crippen LogP contribution in [0.5, 0.6) is 0 Å². The summed E-state index contributed by atoms with van der Waals surface area (Å²) in [7, 11) is 0. The molecule has 0 radical (unpaired) electrons. The standard InChI is InChI=1S/C54H68N10O6S/c1-35-48(71-34-59-35)37-15-13-36(14-16-37)29-57-50(68)44-28-42(66)32-63(44)52(70)43(53(2,3)4)27-41(65)11-7-5-8-12-47(67)62-23-21-61(22-24-62)40-18-17-39(55-31-40)26-46-56-30-38-25-45-51(69)58-33-54(19-9-6-10-20-54)64(45)49(38)60-46/h13-18,25,30-31,34,42-44,66H,5-12,19-24,26-29,32-33H2,1-4H3,(H,57,68)(H,58,69)/t42-,43-,44+/m1/s1. The summed E-state index contributed by atoms with van der Waals surface area (Å²) in [6.07, 6.45) is 11.9. The van der Waals surface area contributed by atoms with Gasteiger partial charge in [0.1, 0.15) is 29.0 Å². The van der Waals surface area contributed by atoms with Gasteiger partial charge in [0.15, 0.2) is 0 Å². The van der Waals surface area contributed by atoms with Gasteiger partial charge in [-0.05, 0) is 67.3 Å². The molecular formula is C54H68N10O6S. The van der Waals surface area contributed by atoms with E-state index in [2.05, 4.69) is 36.1 Å². The Labute approximate surface area is 420 Å². The number of aryl methyl sites for hydroxylation is 1. The molecule has 0 unspecified atom stereocenters. The lowest BCUT2D eigenvalue weighted by Gasteiger charge is -2.42. The number of benzene rings is 1. The molecule has 1 spiro atoms. The molecule has 4 amide bonds. The highest BCUT2D eigenvalue weighted by Crippen LogP contribution is 2.40. The van der Waals surface area contributed by atoms with E-state index in [1.807, 2.05) is 86.9 Å². The molecule has 1 aromatic carbocycles. The van der Waals surface area contributed by atoms with Crippen molar-refractivity contribution in [2.24, 2.45) is 11.3 Å². The Hall–Kier alpha value is -6.07. The van der Waals surface area contributed by atoms with E-state index >= 15 is 0 Å². The maximum absolute atomic E-state index is 14.1. The molecule has 7 heterocycles. The second-order valence-electron chi connectivity index (χ2n) is 21.2. The number of pyridine rings is 1. The van der Waals surface area contributed by atoms with E-state index < -0.39 is 23.5 Å². The number of rotatable bonds is 16. The second-order valence-corrected chi connectivity index (χ2v) is 22.1. The van der Waals surface area contributed by atoms with Crippen molar-refractivity contribution in [3.8, 4) is 10.4 Å². The molecule has 3 atom stereocenters. The van der Waals surface area contributed by atoms with Gasteiger partial charge >= 0.3 is 0 Å².